The molecule has 1 fully saturated rings. The highest BCUT2D eigenvalue weighted by Gasteiger charge is 2.22. The third kappa shape index (κ3) is 5.36. The molecule has 1 aromatic carbocycles. The van der Waals surface area contributed by atoms with Crippen LogP contribution >= 0.6 is 0 Å². The van der Waals surface area contributed by atoms with Crippen molar-refractivity contribution in [2.45, 2.75) is 20.3 Å². The number of amides is 2. The summed E-state index contributed by atoms with van der Waals surface area (Å²) in [6.07, 6.45) is 0.775. The van der Waals surface area contributed by atoms with Gasteiger partial charge in [-0.15, -0.1) is 0 Å². The van der Waals surface area contributed by atoms with Crippen molar-refractivity contribution in [3.8, 4) is 0 Å². The highest BCUT2D eigenvalue weighted by molar-refractivity contribution is 5.83. The molecule has 0 radical (unpaired) electrons. The van der Waals surface area contributed by atoms with Gasteiger partial charge in [0.15, 0.2) is 0 Å². The van der Waals surface area contributed by atoms with Crippen LogP contribution in [0.3, 0.4) is 0 Å². The zero-order valence-corrected chi connectivity index (χ0v) is 14.2. The Morgan fingerprint density at radius 1 is 1.09 bits per heavy atom. The molecule has 1 heterocycles. The smallest absolute Gasteiger partial charge is 0.242 e. The van der Waals surface area contributed by atoms with Gasteiger partial charge in [-0.1, -0.05) is 37.3 Å². The summed E-state index contributed by atoms with van der Waals surface area (Å²) in [6.45, 7) is 8.84. The quantitative estimate of drug-likeness (QED) is 0.793. The molecule has 0 bridgehead atoms. The summed E-state index contributed by atoms with van der Waals surface area (Å²) < 4.78 is 0. The molecule has 5 heteroatoms. The highest BCUT2D eigenvalue weighted by atomic mass is 16.2. The van der Waals surface area contributed by atoms with Gasteiger partial charge in [0.25, 0.3) is 0 Å². The summed E-state index contributed by atoms with van der Waals surface area (Å²) in [7, 11) is 0. The van der Waals surface area contributed by atoms with Crippen LogP contribution in [0.4, 0.5) is 0 Å². The van der Waals surface area contributed by atoms with Crippen LogP contribution in [0.2, 0.25) is 0 Å². The molecule has 0 saturated carbocycles. The minimum Gasteiger partial charge on any atom is -0.339 e. The van der Waals surface area contributed by atoms with Gasteiger partial charge in [0.2, 0.25) is 11.8 Å². The minimum absolute atomic E-state index is 0.0403. The van der Waals surface area contributed by atoms with Crippen molar-refractivity contribution < 1.29 is 9.59 Å². The van der Waals surface area contributed by atoms with Gasteiger partial charge >= 0.3 is 0 Å². The molecule has 0 atom stereocenters. The van der Waals surface area contributed by atoms with Crippen LogP contribution < -0.4 is 0 Å². The summed E-state index contributed by atoms with van der Waals surface area (Å²) in [5, 5.41) is 0. The van der Waals surface area contributed by atoms with E-state index in [1.807, 2.05) is 35.2 Å². The number of hydrogen-bond donors (Lipinski definition) is 0. The van der Waals surface area contributed by atoms with E-state index in [0.29, 0.717) is 6.54 Å². The van der Waals surface area contributed by atoms with Gasteiger partial charge in [0, 0.05) is 39.6 Å². The van der Waals surface area contributed by atoms with Crippen molar-refractivity contribution in [3.05, 3.63) is 35.9 Å². The Kier molecular flexibility index (Phi) is 6.59. The number of piperazine rings is 1. The van der Waals surface area contributed by atoms with E-state index in [2.05, 4.69) is 11.8 Å². The second kappa shape index (κ2) is 8.67. The van der Waals surface area contributed by atoms with Crippen molar-refractivity contribution in [1.29, 1.82) is 0 Å². The Bertz CT molecular complexity index is 510. The van der Waals surface area contributed by atoms with E-state index in [0.717, 1.165) is 39.1 Å². The van der Waals surface area contributed by atoms with Crippen molar-refractivity contribution in [2.75, 3.05) is 45.8 Å². The molecule has 0 N–H and O–H groups in total. The maximum absolute atomic E-state index is 12.4. The Hall–Kier alpha value is -1.88. The Morgan fingerprint density at radius 3 is 2.30 bits per heavy atom. The fourth-order valence-corrected chi connectivity index (χ4v) is 2.83. The van der Waals surface area contributed by atoms with E-state index in [9.17, 15) is 9.59 Å². The third-order valence-electron chi connectivity index (χ3n) is 4.46. The summed E-state index contributed by atoms with van der Waals surface area (Å²) >= 11 is 0. The van der Waals surface area contributed by atoms with Crippen molar-refractivity contribution in [3.63, 3.8) is 0 Å². The normalized spacial score (nSPS) is 15.5. The number of carbonyl (C=O) groups is 2. The molecule has 1 aliphatic heterocycles. The van der Waals surface area contributed by atoms with Gasteiger partial charge in [-0.2, -0.15) is 0 Å². The molecule has 0 aliphatic carbocycles. The van der Waals surface area contributed by atoms with Crippen molar-refractivity contribution >= 4 is 11.8 Å². The number of rotatable bonds is 6. The predicted molar refractivity (Wildman–Crippen MR) is 91.1 cm³/mol. The molecule has 1 aromatic rings. The molecule has 0 aromatic heterocycles. The molecule has 5 nitrogen and oxygen atoms in total. The first-order chi connectivity index (χ1) is 11.1. The molecular formula is C18H27N3O2. The van der Waals surface area contributed by atoms with E-state index in [1.54, 1.807) is 4.90 Å². The average Bonchev–Trinajstić information content (AvgIpc) is 2.59. The lowest BCUT2D eigenvalue weighted by Crippen LogP contribution is -2.51. The first-order valence-corrected chi connectivity index (χ1v) is 8.39. The Labute approximate surface area is 138 Å². The average molecular weight is 317 g/mol. The maximum atomic E-state index is 12.4. The number of carbonyl (C=O) groups excluding carboxylic acids is 2. The zero-order valence-electron chi connectivity index (χ0n) is 14.2. The minimum atomic E-state index is -0.0403. The van der Waals surface area contributed by atoms with Gasteiger partial charge in [-0.3, -0.25) is 9.59 Å². The van der Waals surface area contributed by atoms with Crippen molar-refractivity contribution in [1.82, 2.24) is 14.7 Å². The molecule has 1 aliphatic rings. The summed E-state index contributed by atoms with van der Waals surface area (Å²) in [5.74, 6) is 0.0190. The van der Waals surface area contributed by atoms with Crippen LogP contribution in [0.5, 0.6) is 0 Å². The molecule has 2 amide bonds. The summed E-state index contributed by atoms with van der Waals surface area (Å²) in [4.78, 5) is 30.1. The largest absolute Gasteiger partial charge is 0.339 e. The molecular weight excluding hydrogens is 290 g/mol. The van der Waals surface area contributed by atoms with E-state index >= 15 is 0 Å². The molecule has 2 rings (SSSR count). The van der Waals surface area contributed by atoms with Crippen LogP contribution in [0.25, 0.3) is 0 Å². The lowest BCUT2D eigenvalue weighted by Gasteiger charge is -2.35. The summed E-state index contributed by atoms with van der Waals surface area (Å²) in [6, 6.07) is 10.1. The van der Waals surface area contributed by atoms with Crippen molar-refractivity contribution in [2.24, 2.45) is 0 Å². The standard InChI is InChI=1S/C18H27N3O2/c1-3-19-11-13-20(14-12-19)18(23)15-21(16(2)22)10-9-17-7-5-4-6-8-17/h4-8H,3,9-15H2,1-2H3. The van der Waals surface area contributed by atoms with Gasteiger partial charge in [0.05, 0.1) is 6.54 Å². The first-order valence-electron chi connectivity index (χ1n) is 8.39. The lowest BCUT2D eigenvalue weighted by atomic mass is 10.1. The van der Waals surface area contributed by atoms with Crippen LogP contribution in [0, 0.1) is 0 Å². The SMILES string of the molecule is CCN1CCN(C(=O)CN(CCc2ccccc2)C(C)=O)CC1. The van der Waals surface area contributed by atoms with Crippen LogP contribution in [-0.4, -0.2) is 72.3 Å². The van der Waals surface area contributed by atoms with E-state index < -0.39 is 0 Å². The maximum Gasteiger partial charge on any atom is 0.242 e. The Morgan fingerprint density at radius 2 is 1.74 bits per heavy atom. The van der Waals surface area contributed by atoms with E-state index in [4.69, 9.17) is 0 Å². The monoisotopic (exact) mass is 317 g/mol. The molecule has 126 valence electrons. The molecule has 0 spiro atoms. The molecule has 23 heavy (non-hydrogen) atoms. The van der Waals surface area contributed by atoms with E-state index in [1.165, 1.54) is 12.5 Å². The number of hydrogen-bond acceptors (Lipinski definition) is 3. The topological polar surface area (TPSA) is 43.9 Å². The van der Waals surface area contributed by atoms with Crippen LogP contribution in [0.15, 0.2) is 30.3 Å². The van der Waals surface area contributed by atoms with Crippen LogP contribution in [-0.2, 0) is 16.0 Å². The van der Waals surface area contributed by atoms with Gasteiger partial charge in [-0.05, 0) is 18.5 Å². The lowest BCUT2D eigenvalue weighted by molar-refractivity contribution is -0.140. The highest BCUT2D eigenvalue weighted by Crippen LogP contribution is 2.05. The third-order valence-corrected chi connectivity index (χ3v) is 4.46. The van der Waals surface area contributed by atoms with Gasteiger partial charge < -0.3 is 14.7 Å². The summed E-state index contributed by atoms with van der Waals surface area (Å²) in [5.41, 5.74) is 1.18. The molecule has 0 unspecified atom stereocenters. The second-order valence-corrected chi connectivity index (χ2v) is 5.99. The predicted octanol–water partition coefficient (Wildman–Crippen LogP) is 1.24. The van der Waals surface area contributed by atoms with E-state index in [-0.39, 0.29) is 18.4 Å². The fraction of sp³-hybridized carbons (Fsp3) is 0.556. The van der Waals surface area contributed by atoms with Crippen LogP contribution in [0.1, 0.15) is 19.4 Å². The number of likely N-dealkylation sites (N-methyl/N-ethyl adjacent to an activating group) is 1. The first kappa shape index (κ1) is 17.5. The second-order valence-electron chi connectivity index (χ2n) is 5.99. The number of nitrogens with zero attached hydrogens (tertiary/aromatic N) is 3. The molecule has 1 saturated heterocycles. The number of benzene rings is 1. The fourth-order valence-electron chi connectivity index (χ4n) is 2.83. The van der Waals surface area contributed by atoms with Gasteiger partial charge in [0.1, 0.15) is 0 Å². The van der Waals surface area contributed by atoms with Gasteiger partial charge in [-0.25, -0.2) is 0 Å². The zero-order chi connectivity index (χ0) is 16.7. The Balaban J connectivity index is 1.84.